The molecule has 2 aromatic heterocycles. The number of nitrogens with one attached hydrogen (secondary N) is 7. The van der Waals surface area contributed by atoms with Crippen LogP contribution in [0, 0.1) is 0 Å². The molecule has 348 valence electrons. The van der Waals surface area contributed by atoms with Gasteiger partial charge in [0.15, 0.2) is 0 Å². The van der Waals surface area contributed by atoms with Crippen molar-refractivity contribution in [1.82, 2.24) is 31.0 Å². The molecule has 16 nitrogen and oxygen atoms in total. The number of benzene rings is 4. The first kappa shape index (κ1) is 47.7. The predicted molar refractivity (Wildman–Crippen MR) is 265 cm³/mol. The second-order valence-electron chi connectivity index (χ2n) is 17.5. The summed E-state index contributed by atoms with van der Waals surface area (Å²) in [4.78, 5) is 72.5. The zero-order valence-corrected chi connectivity index (χ0v) is 37.6. The van der Waals surface area contributed by atoms with E-state index in [9.17, 15) is 24.0 Å². The lowest BCUT2D eigenvalue weighted by Crippen LogP contribution is -2.51. The van der Waals surface area contributed by atoms with E-state index in [-0.39, 0.29) is 49.5 Å². The van der Waals surface area contributed by atoms with Gasteiger partial charge in [-0.25, -0.2) is 15.6 Å². The van der Waals surface area contributed by atoms with E-state index in [1.165, 1.54) is 4.90 Å². The molecule has 2 saturated heterocycles. The van der Waals surface area contributed by atoms with Crippen molar-refractivity contribution < 1.29 is 28.7 Å². The average Bonchev–Trinajstić information content (AvgIpc) is 3.75. The summed E-state index contributed by atoms with van der Waals surface area (Å²) < 4.78 is 5.53. The minimum atomic E-state index is -0.654. The van der Waals surface area contributed by atoms with Gasteiger partial charge in [0, 0.05) is 50.9 Å². The molecule has 7 N–H and O–H groups in total. The highest BCUT2D eigenvalue weighted by Crippen LogP contribution is 2.36. The number of carbonyl (C=O) groups is 5. The second kappa shape index (κ2) is 20.1. The van der Waals surface area contributed by atoms with Gasteiger partial charge in [0.25, 0.3) is 11.8 Å². The first-order chi connectivity index (χ1) is 31.4. The molecule has 2 atom stereocenters. The number of ether oxygens (including phenoxy) is 1. The van der Waals surface area contributed by atoms with Crippen LogP contribution in [0.2, 0.25) is 0 Å². The molecule has 67 heavy (non-hydrogen) atoms. The quantitative estimate of drug-likeness (QED) is 0.0862. The minimum Gasteiger partial charge on any atom is -0.444 e. The number of halogens is 1. The van der Waals surface area contributed by atoms with Crippen LogP contribution in [0.5, 0.6) is 0 Å². The van der Waals surface area contributed by atoms with Gasteiger partial charge in [0.1, 0.15) is 11.6 Å². The number of nitrogens with zero attached hydrogens (tertiary/aromatic N) is 3. The van der Waals surface area contributed by atoms with Gasteiger partial charge in [0.2, 0.25) is 11.8 Å². The molecule has 4 aliphatic rings. The molecule has 0 bridgehead atoms. The maximum absolute atomic E-state index is 13.3. The van der Waals surface area contributed by atoms with Crippen LogP contribution in [-0.4, -0.2) is 87.8 Å². The number of hydrogen-bond acceptors (Lipinski definition) is 9. The predicted octanol–water partition coefficient (Wildman–Crippen LogP) is 8.69. The molecule has 2 unspecified atom stereocenters. The standard InChI is InChI=1S/C27H29N5O4.C22H21N5O2.CH4.ClH/c1-27(2,3)36-26(35)32-12-8-7-11-21(32)25(34)29-17-13-18-22-19(15-28-31-24(18)33)23(30-20(22)14-17)16-9-5-4-6-10-16;28-21-15-10-14(25-22(29)17-8-4-5-9-23-17)11-18-19(15)16(12-24-27-21)20(26-18)13-6-2-1-3-7-13;;/h4-6,9-10,13-15,21,30H,7-8,11-12H2,1-3H3,(H,29,34)(H,31,33);1-3,6-7,10-12,17,23,26H,4-5,8-9H2,(H,25,29)(H,27,28);1H4;1H. The molecule has 0 saturated carbocycles. The van der Waals surface area contributed by atoms with Crippen LogP contribution in [0.4, 0.5) is 16.2 Å². The smallest absolute Gasteiger partial charge is 0.410 e. The average molecular weight is 928 g/mol. The fourth-order valence-electron chi connectivity index (χ4n) is 8.85. The van der Waals surface area contributed by atoms with Gasteiger partial charge >= 0.3 is 6.09 Å². The number of anilines is 2. The SMILES string of the molecule is C.CC(C)(C)OC(=O)N1CCCCC1C(=O)Nc1cc2c3c(c(-c4ccccc4)[nH]c3c1)C=NNC2=O.Cl.O=C1NN=Cc2c(-c3ccccc3)[nH]c3cc(NC(=O)C4CCCCN4)cc1c23. The number of amides is 5. The fraction of sp³-hybridized carbons (Fsp3) is 0.300. The molecule has 17 heteroatoms. The molecule has 0 radical (unpaired) electrons. The summed E-state index contributed by atoms with van der Waals surface area (Å²) in [6.45, 7) is 6.71. The summed E-state index contributed by atoms with van der Waals surface area (Å²) in [5.41, 5.74) is 13.2. The van der Waals surface area contributed by atoms with E-state index in [0.29, 0.717) is 41.0 Å². The third kappa shape index (κ3) is 10.1. The summed E-state index contributed by atoms with van der Waals surface area (Å²) in [5.74, 6) is -1.04. The topological polar surface area (TPSA) is 214 Å². The number of aromatic amines is 2. The molecule has 6 heterocycles. The Hall–Kier alpha value is -7.30. The number of hydrogen-bond donors (Lipinski definition) is 7. The van der Waals surface area contributed by atoms with E-state index in [1.54, 1.807) is 51.4 Å². The van der Waals surface area contributed by atoms with Crippen LogP contribution in [0.25, 0.3) is 44.3 Å². The molecular weight excluding hydrogens is 872 g/mol. The minimum absolute atomic E-state index is 0. The number of rotatable bonds is 6. The molecular formula is C50H55ClN10O6. The van der Waals surface area contributed by atoms with Crippen LogP contribution >= 0.6 is 12.4 Å². The van der Waals surface area contributed by atoms with Gasteiger partial charge in [-0.15, -0.1) is 12.4 Å². The lowest BCUT2D eigenvalue weighted by atomic mass is 10.0. The molecule has 2 fully saturated rings. The number of piperidine rings is 2. The largest absolute Gasteiger partial charge is 0.444 e. The first-order valence-corrected chi connectivity index (χ1v) is 21.9. The normalized spacial score (nSPS) is 17.3. The molecule has 4 aromatic carbocycles. The van der Waals surface area contributed by atoms with Gasteiger partial charge < -0.3 is 30.7 Å². The van der Waals surface area contributed by atoms with Crippen molar-refractivity contribution in [1.29, 1.82) is 0 Å². The molecule has 6 aromatic rings. The Labute approximate surface area is 394 Å². The molecule has 10 rings (SSSR count). The third-order valence-electron chi connectivity index (χ3n) is 11.8. The number of hydrazone groups is 2. The van der Waals surface area contributed by atoms with Gasteiger partial charge in [-0.1, -0.05) is 74.5 Å². The Kier molecular flexibility index (Phi) is 14.3. The summed E-state index contributed by atoms with van der Waals surface area (Å²) >= 11 is 0. The van der Waals surface area contributed by atoms with Crippen LogP contribution < -0.4 is 26.8 Å². The summed E-state index contributed by atoms with van der Waals surface area (Å²) in [5, 5.41) is 18.8. The van der Waals surface area contributed by atoms with Crippen molar-refractivity contribution in [3.05, 3.63) is 107 Å². The Balaban J connectivity index is 0.000000197. The van der Waals surface area contributed by atoms with Crippen molar-refractivity contribution in [2.75, 3.05) is 23.7 Å². The zero-order chi connectivity index (χ0) is 45.2. The van der Waals surface area contributed by atoms with Crippen molar-refractivity contribution in [2.24, 2.45) is 10.2 Å². The summed E-state index contributed by atoms with van der Waals surface area (Å²) in [6.07, 6.45) is 7.94. The monoisotopic (exact) mass is 926 g/mol. The van der Waals surface area contributed by atoms with Gasteiger partial charge in [0.05, 0.1) is 41.0 Å². The summed E-state index contributed by atoms with van der Waals surface area (Å²) in [7, 11) is 0. The summed E-state index contributed by atoms with van der Waals surface area (Å²) in [6, 6.07) is 25.9. The Morgan fingerprint density at radius 3 is 1.69 bits per heavy atom. The molecule has 4 aliphatic heterocycles. The lowest BCUT2D eigenvalue weighted by Gasteiger charge is -2.35. The van der Waals surface area contributed by atoms with Gasteiger partial charge in [-0.2, -0.15) is 10.2 Å². The lowest BCUT2D eigenvalue weighted by molar-refractivity contribution is -0.122. The molecule has 0 aliphatic carbocycles. The fourth-order valence-corrected chi connectivity index (χ4v) is 8.85. The van der Waals surface area contributed by atoms with Gasteiger partial charge in [-0.05, 0) is 94.8 Å². The van der Waals surface area contributed by atoms with E-state index < -0.39 is 17.7 Å². The highest BCUT2D eigenvalue weighted by molar-refractivity contribution is 6.19. The van der Waals surface area contributed by atoms with E-state index >= 15 is 0 Å². The van der Waals surface area contributed by atoms with Crippen molar-refractivity contribution in [3.63, 3.8) is 0 Å². The van der Waals surface area contributed by atoms with Crippen molar-refractivity contribution >= 4 is 87.7 Å². The molecule has 0 spiro atoms. The number of likely N-dealkylation sites (tertiary alicyclic amines) is 1. The molecule has 5 amide bonds. The van der Waals surface area contributed by atoms with E-state index in [1.807, 2.05) is 66.7 Å². The maximum Gasteiger partial charge on any atom is 0.410 e. The van der Waals surface area contributed by atoms with Crippen molar-refractivity contribution in [3.8, 4) is 22.5 Å². The van der Waals surface area contributed by atoms with Crippen LogP contribution in [-0.2, 0) is 14.3 Å². The highest BCUT2D eigenvalue weighted by Gasteiger charge is 2.35. The maximum atomic E-state index is 13.3. The van der Waals surface area contributed by atoms with Crippen LogP contribution in [0.1, 0.15) is 98.6 Å². The number of carbonyl (C=O) groups excluding carboxylic acids is 5. The van der Waals surface area contributed by atoms with E-state index in [0.717, 1.165) is 88.6 Å². The number of aromatic nitrogens is 2. The van der Waals surface area contributed by atoms with E-state index in [2.05, 4.69) is 47.0 Å². The Morgan fingerprint density at radius 1 is 0.687 bits per heavy atom. The van der Waals surface area contributed by atoms with E-state index in [4.69, 9.17) is 4.74 Å². The second-order valence-corrected chi connectivity index (χ2v) is 17.5. The Bertz CT molecular complexity index is 2900. The number of H-pyrrole nitrogens is 2. The zero-order valence-electron chi connectivity index (χ0n) is 36.7. The van der Waals surface area contributed by atoms with Crippen LogP contribution in [0.15, 0.2) is 95.1 Å². The van der Waals surface area contributed by atoms with Crippen LogP contribution in [0.3, 0.4) is 0 Å². The highest BCUT2D eigenvalue weighted by atomic mass is 35.5. The third-order valence-corrected chi connectivity index (χ3v) is 11.8. The van der Waals surface area contributed by atoms with Gasteiger partial charge in [-0.3, -0.25) is 24.1 Å². The Morgan fingerprint density at radius 2 is 1.19 bits per heavy atom. The van der Waals surface area contributed by atoms with Crippen molar-refractivity contribution in [2.45, 2.75) is 84.4 Å². The first-order valence-electron chi connectivity index (χ1n) is 21.9.